The number of aldehydes is 1. The molecule has 1 fully saturated rings. The number of hydrogen-bond acceptors (Lipinski definition) is 6. The lowest BCUT2D eigenvalue weighted by atomic mass is 10.0. The van der Waals surface area contributed by atoms with Gasteiger partial charge in [0.2, 0.25) is 5.91 Å². The van der Waals surface area contributed by atoms with Crippen LogP contribution in [0.4, 0.5) is 0 Å². The van der Waals surface area contributed by atoms with Crippen LogP contribution in [0.5, 0.6) is 0 Å². The van der Waals surface area contributed by atoms with E-state index in [0.29, 0.717) is 19.3 Å². The Morgan fingerprint density at radius 2 is 2.04 bits per heavy atom. The molecule has 1 rings (SSSR count). The minimum atomic E-state index is -1.14. The van der Waals surface area contributed by atoms with E-state index in [0.717, 1.165) is 6.42 Å². The van der Waals surface area contributed by atoms with E-state index in [-0.39, 0.29) is 17.9 Å². The fraction of sp³-hybridized carbons (Fsp3) is 0.800. The maximum atomic E-state index is 12.6. The molecule has 0 bridgehead atoms. The quantitative estimate of drug-likeness (QED) is 0.322. The van der Waals surface area contributed by atoms with Crippen LogP contribution in [0.25, 0.3) is 0 Å². The summed E-state index contributed by atoms with van der Waals surface area (Å²) in [7, 11) is 1.72. The second-order valence-electron chi connectivity index (χ2n) is 6.20. The first-order valence-electron chi connectivity index (χ1n) is 7.90. The Balaban J connectivity index is 2.75. The van der Waals surface area contributed by atoms with E-state index in [2.05, 4.69) is 10.6 Å². The standard InChI is InChI=1S/C15H27N3O5/c1-9(2)13(16-3)15(23)18-6-4-5-11(18)14(22)17-10(8-19)7-12(20)21/h8-11,13-14,16-17,22H,4-7H2,1-3H3,(H,20,21)/t10-,11-,13-,14?/m0/s1. The summed E-state index contributed by atoms with van der Waals surface area (Å²) >= 11 is 0. The third kappa shape index (κ3) is 5.26. The lowest BCUT2D eigenvalue weighted by Crippen LogP contribution is -2.56. The van der Waals surface area contributed by atoms with E-state index in [1.165, 1.54) is 0 Å². The van der Waals surface area contributed by atoms with E-state index in [4.69, 9.17) is 5.11 Å². The fourth-order valence-corrected chi connectivity index (χ4v) is 2.98. The molecule has 1 aliphatic heterocycles. The van der Waals surface area contributed by atoms with Crippen molar-refractivity contribution in [2.24, 2.45) is 5.92 Å². The first kappa shape index (κ1) is 19.5. The van der Waals surface area contributed by atoms with Crippen LogP contribution >= 0.6 is 0 Å². The number of carbonyl (C=O) groups is 3. The number of carbonyl (C=O) groups excluding carboxylic acids is 2. The molecule has 1 aliphatic rings. The topological polar surface area (TPSA) is 119 Å². The van der Waals surface area contributed by atoms with Crippen molar-refractivity contribution in [2.45, 2.75) is 57.5 Å². The molecule has 132 valence electrons. The van der Waals surface area contributed by atoms with E-state index in [9.17, 15) is 19.5 Å². The van der Waals surface area contributed by atoms with Gasteiger partial charge in [-0.1, -0.05) is 13.8 Å². The zero-order chi connectivity index (χ0) is 17.6. The molecule has 0 aromatic carbocycles. The number of aliphatic carboxylic acids is 1. The highest BCUT2D eigenvalue weighted by Gasteiger charge is 2.38. The minimum Gasteiger partial charge on any atom is -0.481 e. The van der Waals surface area contributed by atoms with Gasteiger partial charge in [0, 0.05) is 6.54 Å². The van der Waals surface area contributed by atoms with Gasteiger partial charge in [-0.05, 0) is 25.8 Å². The van der Waals surface area contributed by atoms with Gasteiger partial charge in [-0.15, -0.1) is 0 Å². The van der Waals surface area contributed by atoms with E-state index >= 15 is 0 Å². The Hall–Kier alpha value is -1.51. The molecule has 0 spiro atoms. The SMILES string of the molecule is CN[C@H](C(=O)N1CCC[C@H]1C(O)N[C@H](C=O)CC(=O)O)C(C)C. The predicted octanol–water partition coefficient (Wildman–Crippen LogP) is -0.828. The van der Waals surface area contributed by atoms with Crippen LogP contribution in [-0.4, -0.2) is 71.2 Å². The average molecular weight is 329 g/mol. The second-order valence-corrected chi connectivity index (χ2v) is 6.20. The van der Waals surface area contributed by atoms with Gasteiger partial charge >= 0.3 is 5.97 Å². The predicted molar refractivity (Wildman–Crippen MR) is 83.7 cm³/mol. The van der Waals surface area contributed by atoms with Gasteiger partial charge in [-0.3, -0.25) is 14.9 Å². The summed E-state index contributed by atoms with van der Waals surface area (Å²) in [4.78, 5) is 35.9. The van der Waals surface area contributed by atoms with Crippen molar-refractivity contribution in [3.05, 3.63) is 0 Å². The number of amides is 1. The van der Waals surface area contributed by atoms with Crippen molar-refractivity contribution in [1.29, 1.82) is 0 Å². The first-order chi connectivity index (χ1) is 10.8. The van der Waals surface area contributed by atoms with Crippen molar-refractivity contribution in [1.82, 2.24) is 15.5 Å². The highest BCUT2D eigenvalue weighted by atomic mass is 16.4. The molecule has 4 atom stereocenters. The molecular formula is C15H27N3O5. The van der Waals surface area contributed by atoms with Gasteiger partial charge in [0.05, 0.1) is 24.5 Å². The van der Waals surface area contributed by atoms with Gasteiger partial charge in [0.25, 0.3) is 0 Å². The van der Waals surface area contributed by atoms with Gasteiger partial charge in [0.15, 0.2) is 0 Å². The number of nitrogens with zero attached hydrogens (tertiary/aromatic N) is 1. The zero-order valence-corrected chi connectivity index (χ0v) is 13.9. The van der Waals surface area contributed by atoms with Crippen molar-refractivity contribution in [2.75, 3.05) is 13.6 Å². The van der Waals surface area contributed by atoms with Crippen LogP contribution in [0.1, 0.15) is 33.1 Å². The average Bonchev–Trinajstić information content (AvgIpc) is 2.95. The maximum Gasteiger partial charge on any atom is 0.305 e. The highest BCUT2D eigenvalue weighted by Crippen LogP contribution is 2.22. The number of aliphatic hydroxyl groups excluding tert-OH is 1. The lowest BCUT2D eigenvalue weighted by Gasteiger charge is -2.33. The van der Waals surface area contributed by atoms with E-state index in [1.54, 1.807) is 11.9 Å². The first-order valence-corrected chi connectivity index (χ1v) is 7.90. The lowest BCUT2D eigenvalue weighted by molar-refractivity contribution is -0.140. The molecule has 0 radical (unpaired) electrons. The number of likely N-dealkylation sites (tertiary alicyclic amines) is 1. The molecule has 4 N–H and O–H groups in total. The Labute approximate surface area is 136 Å². The Morgan fingerprint density at radius 1 is 1.39 bits per heavy atom. The molecule has 0 aromatic heterocycles. The second kappa shape index (κ2) is 8.95. The number of hydrogen-bond donors (Lipinski definition) is 4. The molecular weight excluding hydrogens is 302 g/mol. The molecule has 1 unspecified atom stereocenters. The molecule has 0 aromatic rings. The van der Waals surface area contributed by atoms with Crippen LogP contribution < -0.4 is 10.6 Å². The normalized spacial score (nSPS) is 22.0. The van der Waals surface area contributed by atoms with E-state index in [1.807, 2.05) is 13.8 Å². The molecule has 0 saturated carbocycles. The summed E-state index contributed by atoms with van der Waals surface area (Å²) in [5.41, 5.74) is 0. The molecule has 1 amide bonds. The van der Waals surface area contributed by atoms with Crippen LogP contribution in [0.2, 0.25) is 0 Å². The summed E-state index contributed by atoms with van der Waals surface area (Å²) in [6, 6.07) is -1.79. The van der Waals surface area contributed by atoms with Gasteiger partial charge < -0.3 is 25.2 Å². The maximum absolute atomic E-state index is 12.6. The Kier molecular flexibility index (Phi) is 7.60. The number of carboxylic acid groups (broad SMARTS) is 1. The van der Waals surface area contributed by atoms with Crippen LogP contribution in [0.15, 0.2) is 0 Å². The fourth-order valence-electron chi connectivity index (χ4n) is 2.98. The number of rotatable bonds is 9. The van der Waals surface area contributed by atoms with Crippen molar-refractivity contribution < 1.29 is 24.6 Å². The molecule has 8 nitrogen and oxygen atoms in total. The Morgan fingerprint density at radius 3 is 2.52 bits per heavy atom. The van der Waals surface area contributed by atoms with Gasteiger partial charge in [0.1, 0.15) is 12.5 Å². The summed E-state index contributed by atoms with van der Waals surface area (Å²) in [5.74, 6) is -1.11. The van der Waals surface area contributed by atoms with Gasteiger partial charge in [-0.25, -0.2) is 0 Å². The summed E-state index contributed by atoms with van der Waals surface area (Å²) < 4.78 is 0. The number of aliphatic hydroxyl groups is 1. The highest BCUT2D eigenvalue weighted by molar-refractivity contribution is 5.82. The molecule has 0 aliphatic carbocycles. The Bertz CT molecular complexity index is 429. The van der Waals surface area contributed by atoms with Crippen LogP contribution in [-0.2, 0) is 14.4 Å². The monoisotopic (exact) mass is 329 g/mol. The van der Waals surface area contributed by atoms with Crippen molar-refractivity contribution in [3.63, 3.8) is 0 Å². The molecule has 1 heterocycles. The third-order valence-electron chi connectivity index (χ3n) is 4.13. The summed E-state index contributed by atoms with van der Waals surface area (Å²) in [6.45, 7) is 4.42. The van der Waals surface area contributed by atoms with E-state index < -0.39 is 30.7 Å². The van der Waals surface area contributed by atoms with Crippen LogP contribution in [0, 0.1) is 5.92 Å². The molecule has 8 heteroatoms. The van der Waals surface area contributed by atoms with Gasteiger partial charge in [-0.2, -0.15) is 0 Å². The summed E-state index contributed by atoms with van der Waals surface area (Å²) in [5, 5.41) is 24.6. The third-order valence-corrected chi connectivity index (χ3v) is 4.13. The molecule has 23 heavy (non-hydrogen) atoms. The minimum absolute atomic E-state index is 0.0910. The zero-order valence-electron chi connectivity index (χ0n) is 13.9. The van der Waals surface area contributed by atoms with Crippen molar-refractivity contribution >= 4 is 18.2 Å². The molecule has 1 saturated heterocycles. The van der Waals surface area contributed by atoms with Crippen molar-refractivity contribution in [3.8, 4) is 0 Å². The number of likely N-dealkylation sites (N-methyl/N-ethyl adjacent to an activating group) is 1. The number of carboxylic acids is 1. The smallest absolute Gasteiger partial charge is 0.305 e. The van der Waals surface area contributed by atoms with Crippen LogP contribution in [0.3, 0.4) is 0 Å². The number of nitrogens with one attached hydrogen (secondary N) is 2. The largest absolute Gasteiger partial charge is 0.481 e. The summed E-state index contributed by atoms with van der Waals surface area (Å²) in [6.07, 6.45) is 0.275.